The molecule has 0 bridgehead atoms. The Morgan fingerprint density at radius 1 is 0.870 bits per heavy atom. The van der Waals surface area contributed by atoms with Gasteiger partial charge in [-0.25, -0.2) is 0 Å². The lowest BCUT2D eigenvalue weighted by Gasteiger charge is -2.35. The van der Waals surface area contributed by atoms with E-state index in [1.54, 1.807) is 4.90 Å². The molecule has 2 heterocycles. The van der Waals surface area contributed by atoms with E-state index in [2.05, 4.69) is 0 Å². The number of halogens is 3. The smallest absolute Gasteiger partial charge is 0.378 e. The minimum absolute atomic E-state index is 0.0730. The van der Waals surface area contributed by atoms with E-state index in [1.165, 1.54) is 4.90 Å². The molecule has 0 aliphatic carbocycles. The fourth-order valence-corrected chi connectivity index (χ4v) is 2.73. The van der Waals surface area contributed by atoms with Crippen molar-refractivity contribution in [2.75, 3.05) is 59.0 Å². The molecule has 0 radical (unpaired) electrons. The number of morpholine rings is 1. The summed E-state index contributed by atoms with van der Waals surface area (Å²) in [6.07, 6.45) is -5.47. The molecule has 0 aromatic heterocycles. The lowest BCUT2D eigenvalue weighted by atomic mass is 10.2. The van der Waals surface area contributed by atoms with Crippen molar-refractivity contribution in [3.63, 3.8) is 0 Å². The Balaban J connectivity index is 1.66. The lowest BCUT2D eigenvalue weighted by molar-refractivity contribution is -0.162. The summed E-state index contributed by atoms with van der Waals surface area (Å²) in [5.74, 6) is -0.801. The summed E-state index contributed by atoms with van der Waals surface area (Å²) < 4.78 is 41.8. The molecule has 2 aliphatic heterocycles. The second-order valence-electron chi connectivity index (χ2n) is 5.76. The van der Waals surface area contributed by atoms with Crippen molar-refractivity contribution in [3.05, 3.63) is 0 Å². The first-order valence-electron chi connectivity index (χ1n) is 7.77. The summed E-state index contributed by atoms with van der Waals surface area (Å²) in [5, 5.41) is 0. The quantitative estimate of drug-likeness (QED) is 0.742. The van der Waals surface area contributed by atoms with Gasteiger partial charge >= 0.3 is 6.18 Å². The van der Waals surface area contributed by atoms with Crippen molar-refractivity contribution < 1.29 is 27.5 Å². The van der Waals surface area contributed by atoms with Gasteiger partial charge in [-0.1, -0.05) is 0 Å². The van der Waals surface area contributed by atoms with Crippen LogP contribution in [0.4, 0.5) is 13.2 Å². The number of alkyl halides is 3. The molecule has 0 aromatic rings. The minimum atomic E-state index is -4.46. The summed E-state index contributed by atoms with van der Waals surface area (Å²) >= 11 is 0. The molecule has 2 amide bonds. The van der Waals surface area contributed by atoms with Crippen molar-refractivity contribution in [3.8, 4) is 0 Å². The zero-order chi connectivity index (χ0) is 16.9. The van der Waals surface area contributed by atoms with Gasteiger partial charge < -0.3 is 14.5 Å². The number of hydrogen-bond donors (Lipinski definition) is 0. The van der Waals surface area contributed by atoms with Crippen LogP contribution in [0.25, 0.3) is 0 Å². The van der Waals surface area contributed by atoms with Crippen molar-refractivity contribution >= 4 is 11.8 Å². The Labute approximate surface area is 133 Å². The molecule has 23 heavy (non-hydrogen) atoms. The highest BCUT2D eigenvalue weighted by atomic mass is 19.4. The third kappa shape index (κ3) is 5.98. The minimum Gasteiger partial charge on any atom is -0.378 e. The van der Waals surface area contributed by atoms with E-state index in [9.17, 15) is 22.8 Å². The van der Waals surface area contributed by atoms with E-state index in [0.29, 0.717) is 52.4 Å². The highest BCUT2D eigenvalue weighted by Gasteiger charge is 2.34. The first kappa shape index (κ1) is 18.0. The zero-order valence-electron chi connectivity index (χ0n) is 13.0. The Kier molecular flexibility index (Phi) is 6.23. The van der Waals surface area contributed by atoms with Crippen LogP contribution < -0.4 is 0 Å². The van der Waals surface area contributed by atoms with E-state index in [1.807, 2.05) is 4.90 Å². The first-order chi connectivity index (χ1) is 10.8. The fraction of sp³-hybridized carbons (Fsp3) is 0.857. The van der Waals surface area contributed by atoms with Crippen LogP contribution in [0, 0.1) is 0 Å². The first-order valence-corrected chi connectivity index (χ1v) is 7.77. The van der Waals surface area contributed by atoms with Crippen LogP contribution in [0.2, 0.25) is 0 Å². The molecule has 2 rings (SSSR count). The van der Waals surface area contributed by atoms with Gasteiger partial charge in [-0.05, 0) is 0 Å². The van der Waals surface area contributed by atoms with Gasteiger partial charge in [-0.3, -0.25) is 14.5 Å². The number of ether oxygens (including phenoxy) is 1. The summed E-state index contributed by atoms with van der Waals surface area (Å²) in [6.45, 7) is 4.47. The number of hydrogen-bond acceptors (Lipinski definition) is 4. The summed E-state index contributed by atoms with van der Waals surface area (Å²) in [6, 6.07) is 0. The van der Waals surface area contributed by atoms with Gasteiger partial charge in [0.05, 0.1) is 13.2 Å². The van der Waals surface area contributed by atoms with E-state index in [4.69, 9.17) is 4.74 Å². The molecule has 9 heteroatoms. The van der Waals surface area contributed by atoms with Crippen LogP contribution in [0.15, 0.2) is 0 Å². The SMILES string of the molecule is O=C(CCN1CCN(C(=O)CC(F)(F)F)CC1)N1CCOCC1. The van der Waals surface area contributed by atoms with E-state index in [-0.39, 0.29) is 19.0 Å². The molecule has 2 saturated heterocycles. The predicted molar refractivity (Wildman–Crippen MR) is 75.7 cm³/mol. The number of nitrogens with zero attached hydrogens (tertiary/aromatic N) is 3. The maximum Gasteiger partial charge on any atom is 0.397 e. The molecule has 0 spiro atoms. The van der Waals surface area contributed by atoms with Crippen LogP contribution >= 0.6 is 0 Å². The lowest BCUT2D eigenvalue weighted by Crippen LogP contribution is -2.50. The van der Waals surface area contributed by atoms with E-state index >= 15 is 0 Å². The Morgan fingerprint density at radius 2 is 1.43 bits per heavy atom. The Morgan fingerprint density at radius 3 is 2.00 bits per heavy atom. The number of carbonyl (C=O) groups excluding carboxylic acids is 2. The van der Waals surface area contributed by atoms with Gasteiger partial charge in [0, 0.05) is 52.2 Å². The van der Waals surface area contributed by atoms with Crippen LogP contribution in [0.1, 0.15) is 12.8 Å². The number of amides is 2. The van der Waals surface area contributed by atoms with Gasteiger partial charge in [-0.2, -0.15) is 13.2 Å². The second kappa shape index (κ2) is 7.96. The molecule has 0 N–H and O–H groups in total. The van der Waals surface area contributed by atoms with Crippen LogP contribution in [0.3, 0.4) is 0 Å². The summed E-state index contributed by atoms with van der Waals surface area (Å²) in [7, 11) is 0. The van der Waals surface area contributed by atoms with Crippen molar-refractivity contribution in [1.29, 1.82) is 0 Å². The van der Waals surface area contributed by atoms with Gasteiger partial charge in [0.1, 0.15) is 6.42 Å². The van der Waals surface area contributed by atoms with Crippen molar-refractivity contribution in [1.82, 2.24) is 14.7 Å². The average Bonchev–Trinajstić information content (AvgIpc) is 2.52. The molecular weight excluding hydrogens is 315 g/mol. The molecule has 2 aliphatic rings. The van der Waals surface area contributed by atoms with E-state index in [0.717, 1.165) is 0 Å². The van der Waals surface area contributed by atoms with Crippen molar-refractivity contribution in [2.45, 2.75) is 19.0 Å². The molecular formula is C14H22F3N3O3. The molecule has 0 saturated carbocycles. The molecule has 2 fully saturated rings. The largest absolute Gasteiger partial charge is 0.397 e. The van der Waals surface area contributed by atoms with Crippen LogP contribution in [-0.2, 0) is 14.3 Å². The third-order valence-corrected chi connectivity index (χ3v) is 4.08. The Hall–Kier alpha value is -1.35. The predicted octanol–water partition coefficient (Wildman–Crippen LogP) is 0.332. The van der Waals surface area contributed by atoms with Crippen LogP contribution in [0.5, 0.6) is 0 Å². The average molecular weight is 337 g/mol. The normalized spacial score (nSPS) is 20.7. The number of rotatable bonds is 4. The summed E-state index contributed by atoms with van der Waals surface area (Å²) in [5.41, 5.74) is 0. The molecule has 0 unspecified atom stereocenters. The molecule has 132 valence electrons. The second-order valence-corrected chi connectivity index (χ2v) is 5.76. The molecule has 6 nitrogen and oxygen atoms in total. The van der Waals surface area contributed by atoms with Gasteiger partial charge in [0.25, 0.3) is 0 Å². The topological polar surface area (TPSA) is 53.1 Å². The number of piperazine rings is 1. The van der Waals surface area contributed by atoms with Gasteiger partial charge in [-0.15, -0.1) is 0 Å². The maximum absolute atomic E-state index is 12.2. The van der Waals surface area contributed by atoms with Crippen LogP contribution in [-0.4, -0.2) is 91.7 Å². The van der Waals surface area contributed by atoms with E-state index < -0.39 is 18.5 Å². The molecule has 0 atom stereocenters. The number of carbonyl (C=O) groups is 2. The highest BCUT2D eigenvalue weighted by Crippen LogP contribution is 2.21. The third-order valence-electron chi connectivity index (χ3n) is 4.08. The summed E-state index contributed by atoms with van der Waals surface area (Å²) in [4.78, 5) is 28.6. The molecule has 0 aromatic carbocycles. The fourth-order valence-electron chi connectivity index (χ4n) is 2.73. The maximum atomic E-state index is 12.2. The Bertz CT molecular complexity index is 417. The van der Waals surface area contributed by atoms with Gasteiger partial charge in [0.2, 0.25) is 11.8 Å². The zero-order valence-corrected chi connectivity index (χ0v) is 13.0. The highest BCUT2D eigenvalue weighted by molar-refractivity contribution is 5.77. The standard InChI is InChI=1S/C14H22F3N3O3/c15-14(16,17)11-13(22)19-5-3-18(4-6-19)2-1-12(21)20-7-9-23-10-8-20/h1-11H2. The van der Waals surface area contributed by atoms with Gasteiger partial charge in [0.15, 0.2) is 0 Å². The monoisotopic (exact) mass is 337 g/mol. The van der Waals surface area contributed by atoms with Crippen molar-refractivity contribution in [2.24, 2.45) is 0 Å².